The predicted octanol–water partition coefficient (Wildman–Crippen LogP) is 2.08. The van der Waals surface area contributed by atoms with Gasteiger partial charge < -0.3 is 24.1 Å². The molecule has 3 rings (SSSR count). The van der Waals surface area contributed by atoms with E-state index in [0.717, 1.165) is 17.6 Å². The van der Waals surface area contributed by atoms with E-state index in [9.17, 15) is 19.5 Å². The van der Waals surface area contributed by atoms with Crippen LogP contribution in [0.5, 0.6) is 5.75 Å². The molecule has 0 aliphatic carbocycles. The van der Waals surface area contributed by atoms with E-state index in [1.54, 1.807) is 48.5 Å². The number of ether oxygens (including phenoxy) is 4. The van der Waals surface area contributed by atoms with Crippen molar-refractivity contribution in [3.05, 3.63) is 65.7 Å². The third kappa shape index (κ3) is 4.52. The molecule has 0 spiro atoms. The molecule has 32 heavy (non-hydrogen) atoms. The monoisotopic (exact) mass is 443 g/mol. The van der Waals surface area contributed by atoms with Crippen molar-refractivity contribution in [2.24, 2.45) is 5.92 Å². The predicted molar refractivity (Wildman–Crippen MR) is 112 cm³/mol. The maximum absolute atomic E-state index is 13.2. The van der Waals surface area contributed by atoms with Crippen LogP contribution in [0.2, 0.25) is 0 Å². The van der Waals surface area contributed by atoms with Crippen LogP contribution in [-0.2, 0) is 30.4 Å². The highest BCUT2D eigenvalue weighted by atomic mass is 16.6. The number of hydrogen-bond acceptors (Lipinski definition) is 8. The Morgan fingerprint density at radius 1 is 0.906 bits per heavy atom. The molecule has 1 heterocycles. The van der Waals surface area contributed by atoms with Crippen LogP contribution >= 0.6 is 0 Å². The third-order valence-corrected chi connectivity index (χ3v) is 5.42. The van der Waals surface area contributed by atoms with Crippen molar-refractivity contribution in [2.75, 3.05) is 21.3 Å². The van der Waals surface area contributed by atoms with Crippen molar-refractivity contribution in [2.45, 2.75) is 24.8 Å². The van der Waals surface area contributed by atoms with Crippen molar-refractivity contribution in [1.29, 1.82) is 0 Å². The Bertz CT molecular complexity index is 946. The lowest BCUT2D eigenvalue weighted by Crippen LogP contribution is -2.46. The summed E-state index contributed by atoms with van der Waals surface area (Å²) in [4.78, 5) is 39.4. The molecule has 0 unspecified atom stereocenters. The van der Waals surface area contributed by atoms with E-state index in [1.807, 2.05) is 6.07 Å². The van der Waals surface area contributed by atoms with E-state index in [0.29, 0.717) is 11.3 Å². The van der Waals surface area contributed by atoms with Crippen LogP contribution in [0.3, 0.4) is 0 Å². The number of carbonyl (C=O) groups is 3. The lowest BCUT2D eigenvalue weighted by Gasteiger charge is -2.29. The molecule has 0 radical (unpaired) electrons. The van der Waals surface area contributed by atoms with Gasteiger partial charge in [0.05, 0.1) is 27.4 Å². The molecule has 1 fully saturated rings. The topological polar surface area (TPSA) is 112 Å². The molecule has 0 bridgehead atoms. The van der Waals surface area contributed by atoms with E-state index in [-0.39, 0.29) is 6.61 Å². The number of nitrogens with zero attached hydrogens (tertiary/aromatic N) is 1. The van der Waals surface area contributed by atoms with Gasteiger partial charge in [0, 0.05) is 0 Å². The van der Waals surface area contributed by atoms with Gasteiger partial charge in [-0.2, -0.15) is 0 Å². The highest BCUT2D eigenvalue weighted by Crippen LogP contribution is 2.43. The van der Waals surface area contributed by atoms with Crippen LogP contribution < -0.4 is 4.74 Å². The van der Waals surface area contributed by atoms with E-state index in [2.05, 4.69) is 0 Å². The van der Waals surface area contributed by atoms with Gasteiger partial charge in [-0.25, -0.2) is 9.59 Å². The Kier molecular flexibility index (Phi) is 7.32. The first kappa shape index (κ1) is 23.1. The van der Waals surface area contributed by atoms with E-state index >= 15 is 0 Å². The summed E-state index contributed by atoms with van der Waals surface area (Å²) in [5.74, 6) is -2.32. The van der Waals surface area contributed by atoms with Crippen LogP contribution in [0.15, 0.2) is 54.6 Å². The van der Waals surface area contributed by atoms with Gasteiger partial charge in [-0.3, -0.25) is 9.69 Å². The van der Waals surface area contributed by atoms with E-state index in [1.165, 1.54) is 14.2 Å². The summed E-state index contributed by atoms with van der Waals surface area (Å²) < 4.78 is 20.3. The molecule has 1 saturated heterocycles. The molecule has 2 aromatic carbocycles. The second kappa shape index (κ2) is 10.1. The number of aliphatic hydroxyl groups is 1. The molecule has 4 atom stereocenters. The van der Waals surface area contributed by atoms with Crippen molar-refractivity contribution >= 4 is 18.0 Å². The van der Waals surface area contributed by atoms with Crippen LogP contribution in [0.1, 0.15) is 17.2 Å². The van der Waals surface area contributed by atoms with Gasteiger partial charge in [0.15, 0.2) is 6.04 Å². The number of rotatable bonds is 6. The third-order valence-electron chi connectivity index (χ3n) is 5.42. The smallest absolute Gasteiger partial charge is 0.411 e. The first-order valence-electron chi connectivity index (χ1n) is 9.89. The van der Waals surface area contributed by atoms with Gasteiger partial charge in [0.1, 0.15) is 24.4 Å². The fourth-order valence-corrected chi connectivity index (χ4v) is 3.86. The van der Waals surface area contributed by atoms with Gasteiger partial charge in [0.2, 0.25) is 0 Å². The summed E-state index contributed by atoms with van der Waals surface area (Å²) >= 11 is 0. The molecular weight excluding hydrogens is 418 g/mol. The van der Waals surface area contributed by atoms with Gasteiger partial charge in [0.25, 0.3) is 0 Å². The highest BCUT2D eigenvalue weighted by Gasteiger charge is 2.58. The fraction of sp³-hybridized carbons (Fsp3) is 0.348. The van der Waals surface area contributed by atoms with Gasteiger partial charge in [-0.05, 0) is 23.3 Å². The summed E-state index contributed by atoms with van der Waals surface area (Å²) in [6.45, 7) is -0.0572. The Labute approximate surface area is 185 Å². The number of methoxy groups -OCH3 is 3. The summed E-state index contributed by atoms with van der Waals surface area (Å²) in [5, 5.41) is 10.9. The first-order valence-corrected chi connectivity index (χ1v) is 9.89. The molecular formula is C23H25NO8. The van der Waals surface area contributed by atoms with Crippen LogP contribution in [-0.4, -0.2) is 61.5 Å². The molecule has 1 amide bonds. The van der Waals surface area contributed by atoms with Crippen LogP contribution in [0.4, 0.5) is 4.79 Å². The average Bonchev–Trinajstić information content (AvgIpc) is 3.15. The lowest BCUT2D eigenvalue weighted by molar-refractivity contribution is -0.151. The first-order chi connectivity index (χ1) is 15.4. The molecule has 2 aromatic rings. The maximum Gasteiger partial charge on any atom is 0.411 e. The number of carbonyl (C=O) groups excluding carboxylic acids is 3. The quantitative estimate of drug-likeness (QED) is 0.534. The average molecular weight is 443 g/mol. The molecule has 1 aliphatic heterocycles. The molecule has 0 aromatic heterocycles. The molecule has 9 nitrogen and oxygen atoms in total. The zero-order valence-electron chi connectivity index (χ0n) is 18.0. The Balaban J connectivity index is 2.01. The van der Waals surface area contributed by atoms with E-state index in [4.69, 9.17) is 18.9 Å². The summed E-state index contributed by atoms with van der Waals surface area (Å²) in [6, 6.07) is 13.1. The number of hydrogen-bond donors (Lipinski definition) is 1. The number of esters is 2. The van der Waals surface area contributed by atoms with Gasteiger partial charge in [-0.1, -0.05) is 42.5 Å². The minimum absolute atomic E-state index is 0.0572. The minimum Gasteiger partial charge on any atom is -0.497 e. The summed E-state index contributed by atoms with van der Waals surface area (Å²) in [5.41, 5.74) is 1.23. The van der Waals surface area contributed by atoms with Gasteiger partial charge >= 0.3 is 18.0 Å². The summed E-state index contributed by atoms with van der Waals surface area (Å²) in [6.07, 6.45) is -2.44. The van der Waals surface area contributed by atoms with Crippen LogP contribution in [0, 0.1) is 5.92 Å². The minimum atomic E-state index is -1.56. The largest absolute Gasteiger partial charge is 0.497 e. The Hall–Kier alpha value is -3.59. The van der Waals surface area contributed by atoms with Crippen molar-refractivity contribution in [3.63, 3.8) is 0 Å². The normalized spacial score (nSPS) is 22.2. The SMILES string of the molecule is COC(=O)[C@H]1[C@H](O)[C@@H](C(=O)OC)N(C(=O)OCc2ccccc2)[C@H]1c1ccc(OC)cc1. The zero-order valence-corrected chi connectivity index (χ0v) is 18.0. The van der Waals surface area contributed by atoms with Crippen molar-refractivity contribution in [1.82, 2.24) is 4.90 Å². The van der Waals surface area contributed by atoms with Crippen molar-refractivity contribution in [3.8, 4) is 5.75 Å². The van der Waals surface area contributed by atoms with E-state index < -0.39 is 42.1 Å². The fourth-order valence-electron chi connectivity index (χ4n) is 3.86. The Morgan fingerprint density at radius 2 is 1.53 bits per heavy atom. The number of likely N-dealkylation sites (tertiary alicyclic amines) is 1. The number of amides is 1. The lowest BCUT2D eigenvalue weighted by atomic mass is 9.91. The molecule has 1 aliphatic rings. The molecule has 1 N–H and O–H groups in total. The highest BCUT2D eigenvalue weighted by molar-refractivity contribution is 5.87. The second-order valence-corrected chi connectivity index (χ2v) is 7.17. The maximum atomic E-state index is 13.2. The van der Waals surface area contributed by atoms with Gasteiger partial charge in [-0.15, -0.1) is 0 Å². The number of benzene rings is 2. The molecule has 0 saturated carbocycles. The zero-order chi connectivity index (χ0) is 23.3. The second-order valence-electron chi connectivity index (χ2n) is 7.17. The molecule has 170 valence electrons. The van der Waals surface area contributed by atoms with Crippen molar-refractivity contribution < 1.29 is 38.4 Å². The Morgan fingerprint density at radius 3 is 2.09 bits per heavy atom. The standard InChI is InChI=1S/C23H25NO8/c1-29-16-11-9-15(10-12-16)18-17(21(26)30-2)20(25)19(22(27)31-3)24(18)23(28)32-13-14-7-5-4-6-8-14/h4-12,17-20,25H,13H2,1-3H3/t17-,18+,19+,20+/m1/s1. The molecule has 9 heteroatoms. The van der Waals surface area contributed by atoms with Crippen LogP contribution in [0.25, 0.3) is 0 Å². The summed E-state index contributed by atoms with van der Waals surface area (Å²) in [7, 11) is 3.81. The number of aliphatic hydroxyl groups excluding tert-OH is 1.